The van der Waals surface area contributed by atoms with Gasteiger partial charge in [0.05, 0.1) is 23.0 Å². The van der Waals surface area contributed by atoms with Crippen molar-refractivity contribution in [2.75, 3.05) is 5.75 Å². The number of hydrogen-bond acceptors (Lipinski definition) is 5. The molecule has 1 aromatic rings. The third-order valence-electron chi connectivity index (χ3n) is 3.83. The molecule has 2 aliphatic rings. The van der Waals surface area contributed by atoms with E-state index in [-0.39, 0.29) is 12.2 Å². The molecule has 2 aliphatic heterocycles. The number of hydrogen-bond donors (Lipinski definition) is 3. The van der Waals surface area contributed by atoms with Crippen LogP contribution in [0, 0.1) is 0 Å². The Morgan fingerprint density at radius 3 is 2.58 bits per heavy atom. The molecule has 0 radical (unpaired) electrons. The summed E-state index contributed by atoms with van der Waals surface area (Å²) < 4.78 is 12.1. The van der Waals surface area contributed by atoms with Crippen molar-refractivity contribution in [3.8, 4) is 0 Å². The molecule has 0 bridgehead atoms. The molecule has 1 saturated heterocycles. The maximum absolute atomic E-state index is 12.2. The quantitative estimate of drug-likeness (QED) is 0.629. The lowest BCUT2D eigenvalue weighted by molar-refractivity contribution is -0.151. The predicted octanol–water partition coefficient (Wildman–Crippen LogP) is -0.501. The van der Waals surface area contributed by atoms with Gasteiger partial charge in [0.1, 0.15) is 17.2 Å². The van der Waals surface area contributed by atoms with Gasteiger partial charge in [0.15, 0.2) is 5.70 Å². The number of fused-ring (bicyclic) bond motifs is 1. The Labute approximate surface area is 139 Å². The number of aliphatic hydroxyl groups is 1. The number of aliphatic hydroxyl groups excluding tert-OH is 1. The normalized spacial score (nSPS) is 25.8. The average molecular weight is 350 g/mol. The molecule has 0 spiro atoms. The molecule has 9 heteroatoms. The van der Waals surface area contributed by atoms with Crippen LogP contribution in [0.1, 0.15) is 5.56 Å². The fourth-order valence-corrected chi connectivity index (χ4v) is 4.27. The number of amides is 2. The Kier molecular flexibility index (Phi) is 4.10. The number of carboxylic acid groups (broad SMARTS) is 1. The topological polar surface area (TPSA) is 124 Å². The number of aliphatic carboxylic acids is 1. The van der Waals surface area contributed by atoms with Crippen LogP contribution in [0.3, 0.4) is 0 Å². The second-order valence-electron chi connectivity index (χ2n) is 5.43. The van der Waals surface area contributed by atoms with E-state index in [1.54, 1.807) is 24.3 Å². The first-order valence-electron chi connectivity index (χ1n) is 7.09. The predicted molar refractivity (Wildman–Crippen MR) is 83.0 cm³/mol. The maximum Gasteiger partial charge on any atom is 0.356 e. The maximum atomic E-state index is 12.2. The SMILES string of the molecule is O=C(Cc1ccccc1)NC1C(=O)N2C(C(=O)O)=C(O)CS(=O)[C@@H]12. The van der Waals surface area contributed by atoms with Gasteiger partial charge in [0.2, 0.25) is 5.91 Å². The van der Waals surface area contributed by atoms with Gasteiger partial charge in [-0.3, -0.25) is 18.7 Å². The Morgan fingerprint density at radius 2 is 1.96 bits per heavy atom. The highest BCUT2D eigenvalue weighted by atomic mass is 32.2. The standard InChI is InChI=1S/C15H14N2O6S/c18-9-7-24(23)14-11(13(20)17(14)12(9)15(21)22)16-10(19)6-8-4-2-1-3-5-8/h1-5,11,14,18H,6-7H2,(H,16,19)(H,21,22)/t11?,14-,24?/m0/s1. The molecule has 2 amide bonds. The lowest BCUT2D eigenvalue weighted by atomic mass is 10.0. The van der Waals surface area contributed by atoms with Crippen LogP contribution in [0.25, 0.3) is 0 Å². The van der Waals surface area contributed by atoms with E-state index in [0.717, 1.165) is 10.5 Å². The zero-order chi connectivity index (χ0) is 17.4. The summed E-state index contributed by atoms with van der Waals surface area (Å²) in [5.74, 6) is -3.55. The van der Waals surface area contributed by atoms with Crippen molar-refractivity contribution in [2.45, 2.75) is 17.8 Å². The van der Waals surface area contributed by atoms with Crippen LogP contribution >= 0.6 is 0 Å². The van der Waals surface area contributed by atoms with Gasteiger partial charge in [-0.25, -0.2) is 4.79 Å². The van der Waals surface area contributed by atoms with Gasteiger partial charge in [-0.05, 0) is 5.56 Å². The second-order valence-corrected chi connectivity index (χ2v) is 6.97. The van der Waals surface area contributed by atoms with Gasteiger partial charge < -0.3 is 15.5 Å². The van der Waals surface area contributed by atoms with Gasteiger partial charge >= 0.3 is 5.97 Å². The molecule has 0 aliphatic carbocycles. The van der Waals surface area contributed by atoms with E-state index in [1.807, 2.05) is 6.07 Å². The zero-order valence-corrected chi connectivity index (χ0v) is 13.2. The van der Waals surface area contributed by atoms with E-state index in [1.165, 1.54) is 0 Å². The molecule has 8 nitrogen and oxygen atoms in total. The van der Waals surface area contributed by atoms with Crippen LogP contribution < -0.4 is 5.32 Å². The molecule has 2 heterocycles. The van der Waals surface area contributed by atoms with E-state index < -0.39 is 51.5 Å². The van der Waals surface area contributed by atoms with Gasteiger partial charge in [0.25, 0.3) is 5.91 Å². The van der Waals surface area contributed by atoms with E-state index in [9.17, 15) is 23.7 Å². The molecular formula is C15H14N2O6S. The highest BCUT2D eigenvalue weighted by Crippen LogP contribution is 2.34. The monoisotopic (exact) mass is 350 g/mol. The molecule has 24 heavy (non-hydrogen) atoms. The first-order chi connectivity index (χ1) is 11.4. The number of carboxylic acids is 1. The second kappa shape index (κ2) is 6.08. The van der Waals surface area contributed by atoms with Crippen molar-refractivity contribution in [3.05, 3.63) is 47.4 Å². The number of benzene rings is 1. The first kappa shape index (κ1) is 16.2. The Hall–Kier alpha value is -2.68. The van der Waals surface area contributed by atoms with E-state index >= 15 is 0 Å². The summed E-state index contributed by atoms with van der Waals surface area (Å²) in [5, 5.41) is 20.3. The number of rotatable bonds is 4. The summed E-state index contributed by atoms with van der Waals surface area (Å²) in [4.78, 5) is 36.2. The molecule has 126 valence electrons. The van der Waals surface area contributed by atoms with Crippen LogP contribution in [0.15, 0.2) is 41.8 Å². The summed E-state index contributed by atoms with van der Waals surface area (Å²) in [6.45, 7) is 0. The Balaban J connectivity index is 1.73. The largest absolute Gasteiger partial charge is 0.509 e. The molecule has 3 rings (SSSR count). The van der Waals surface area contributed by atoms with Crippen molar-refractivity contribution >= 4 is 28.6 Å². The smallest absolute Gasteiger partial charge is 0.356 e. The lowest BCUT2D eigenvalue weighted by Gasteiger charge is -2.48. The van der Waals surface area contributed by atoms with Gasteiger partial charge in [-0.1, -0.05) is 30.3 Å². The molecule has 1 aromatic carbocycles. The summed E-state index contributed by atoms with van der Waals surface area (Å²) in [6, 6.07) is 7.84. The minimum atomic E-state index is -1.69. The minimum absolute atomic E-state index is 0.0524. The summed E-state index contributed by atoms with van der Waals surface area (Å²) >= 11 is 0. The zero-order valence-electron chi connectivity index (χ0n) is 12.3. The molecular weight excluding hydrogens is 336 g/mol. The highest BCUT2D eigenvalue weighted by Gasteiger charge is 2.57. The minimum Gasteiger partial charge on any atom is -0.509 e. The third kappa shape index (κ3) is 2.67. The average Bonchev–Trinajstić information content (AvgIpc) is 2.53. The van der Waals surface area contributed by atoms with Gasteiger partial charge in [-0.2, -0.15) is 0 Å². The number of β-lactam (4-membered cyclic amide) rings is 1. The van der Waals surface area contributed by atoms with Crippen LogP contribution in [0.5, 0.6) is 0 Å². The number of nitrogens with zero attached hydrogens (tertiary/aromatic N) is 1. The van der Waals surface area contributed by atoms with Crippen LogP contribution in [-0.4, -0.2) is 54.3 Å². The van der Waals surface area contributed by atoms with Crippen LogP contribution in [-0.2, 0) is 31.6 Å². The lowest BCUT2D eigenvalue weighted by Crippen LogP contribution is -2.73. The number of carbonyl (C=O) groups excluding carboxylic acids is 2. The fourth-order valence-electron chi connectivity index (χ4n) is 2.76. The molecule has 0 saturated carbocycles. The molecule has 2 unspecified atom stereocenters. The van der Waals surface area contributed by atoms with Crippen LogP contribution in [0.2, 0.25) is 0 Å². The Bertz CT molecular complexity index is 775. The van der Waals surface area contributed by atoms with Gasteiger partial charge in [0, 0.05) is 0 Å². The van der Waals surface area contributed by atoms with E-state index in [0.29, 0.717) is 0 Å². The van der Waals surface area contributed by atoms with Crippen molar-refractivity contribution in [2.24, 2.45) is 0 Å². The summed E-state index contributed by atoms with van der Waals surface area (Å²) in [6.07, 6.45) is 0.0524. The highest BCUT2D eigenvalue weighted by molar-refractivity contribution is 7.86. The van der Waals surface area contributed by atoms with Crippen LogP contribution in [0.4, 0.5) is 0 Å². The van der Waals surface area contributed by atoms with Crippen molar-refractivity contribution in [3.63, 3.8) is 0 Å². The molecule has 3 atom stereocenters. The van der Waals surface area contributed by atoms with Crippen molar-refractivity contribution < 1.29 is 28.8 Å². The van der Waals surface area contributed by atoms with Crippen molar-refractivity contribution in [1.82, 2.24) is 10.2 Å². The fraction of sp³-hybridized carbons (Fsp3) is 0.267. The third-order valence-corrected chi connectivity index (χ3v) is 5.41. The van der Waals surface area contributed by atoms with E-state index in [2.05, 4.69) is 5.32 Å². The summed E-state index contributed by atoms with van der Waals surface area (Å²) in [5.41, 5.74) is 0.185. The molecule has 0 aromatic heterocycles. The molecule has 3 N–H and O–H groups in total. The van der Waals surface area contributed by atoms with Crippen molar-refractivity contribution in [1.29, 1.82) is 0 Å². The van der Waals surface area contributed by atoms with Gasteiger partial charge in [-0.15, -0.1) is 0 Å². The number of carbonyl (C=O) groups is 3. The van der Waals surface area contributed by atoms with E-state index in [4.69, 9.17) is 5.11 Å². The first-order valence-corrected chi connectivity index (χ1v) is 8.47. The number of nitrogens with one attached hydrogen (secondary N) is 1. The Morgan fingerprint density at radius 1 is 1.29 bits per heavy atom. The summed E-state index contributed by atoms with van der Waals surface area (Å²) in [7, 11) is -1.69. The molecule has 1 fully saturated rings.